The van der Waals surface area contributed by atoms with Gasteiger partial charge in [0.15, 0.2) is 5.82 Å². The molecule has 0 bridgehead atoms. The molecular weight excluding hydrogens is 290 g/mol. The number of rotatable bonds is 4. The predicted molar refractivity (Wildman–Crippen MR) is 78.0 cm³/mol. The van der Waals surface area contributed by atoms with Gasteiger partial charge in [-0.2, -0.15) is 4.98 Å². The largest absolute Gasteiger partial charge is 0.342 e. The van der Waals surface area contributed by atoms with Crippen LogP contribution in [-0.2, 0) is 6.54 Å². The first-order valence-electron chi connectivity index (χ1n) is 6.79. The molecule has 1 fully saturated rings. The molecule has 7 nitrogen and oxygen atoms in total. The molecule has 3 heterocycles. The van der Waals surface area contributed by atoms with Crippen molar-refractivity contribution in [3.05, 3.63) is 34.1 Å². The Labute approximate surface area is 126 Å². The van der Waals surface area contributed by atoms with Crippen molar-refractivity contribution in [2.24, 2.45) is 0 Å². The number of thiophene rings is 1. The van der Waals surface area contributed by atoms with Crippen LogP contribution in [0.15, 0.2) is 22.0 Å². The van der Waals surface area contributed by atoms with Crippen molar-refractivity contribution in [1.82, 2.24) is 25.7 Å². The summed E-state index contributed by atoms with van der Waals surface area (Å²) >= 11 is 1.40. The first-order valence-corrected chi connectivity index (χ1v) is 7.67. The smallest absolute Gasteiger partial charge is 0.261 e. The van der Waals surface area contributed by atoms with Gasteiger partial charge in [-0.3, -0.25) is 9.69 Å². The van der Waals surface area contributed by atoms with Crippen LogP contribution >= 0.6 is 11.3 Å². The van der Waals surface area contributed by atoms with Gasteiger partial charge in [0, 0.05) is 19.6 Å². The second-order valence-corrected chi connectivity index (χ2v) is 5.85. The fourth-order valence-electron chi connectivity index (χ4n) is 2.22. The quantitative estimate of drug-likeness (QED) is 0.862. The van der Waals surface area contributed by atoms with Crippen molar-refractivity contribution in [2.75, 3.05) is 26.7 Å². The Morgan fingerprint density at radius 1 is 1.67 bits per heavy atom. The number of carbonyl (C=O) groups excluding carboxylic acids is 1. The van der Waals surface area contributed by atoms with Crippen LogP contribution in [0.1, 0.15) is 27.4 Å². The minimum Gasteiger partial charge on any atom is -0.342 e. The summed E-state index contributed by atoms with van der Waals surface area (Å²) in [6, 6.07) is 3.74. The Hall–Kier alpha value is -1.77. The molecule has 3 rings (SSSR count). The van der Waals surface area contributed by atoms with Crippen LogP contribution in [0.5, 0.6) is 0 Å². The van der Waals surface area contributed by atoms with Gasteiger partial charge in [-0.05, 0) is 18.5 Å². The van der Waals surface area contributed by atoms with E-state index in [0.29, 0.717) is 16.6 Å². The third kappa shape index (κ3) is 3.29. The molecule has 112 valence electrons. The summed E-state index contributed by atoms with van der Waals surface area (Å²) in [5.74, 6) is 0.958. The molecule has 2 aromatic heterocycles. The molecule has 1 atom stereocenters. The molecule has 1 unspecified atom stereocenters. The average molecular weight is 307 g/mol. The second-order valence-electron chi connectivity index (χ2n) is 4.91. The van der Waals surface area contributed by atoms with Crippen molar-refractivity contribution in [3.8, 4) is 0 Å². The molecule has 0 spiro atoms. The maximum atomic E-state index is 11.8. The van der Waals surface area contributed by atoms with E-state index in [1.807, 2.05) is 18.5 Å². The van der Waals surface area contributed by atoms with E-state index in [1.54, 1.807) is 6.07 Å². The number of nitrogens with zero attached hydrogens (tertiary/aromatic N) is 3. The zero-order valence-electron chi connectivity index (χ0n) is 11.7. The Morgan fingerprint density at radius 2 is 2.57 bits per heavy atom. The molecule has 8 heteroatoms. The highest BCUT2D eigenvalue weighted by Crippen LogP contribution is 2.17. The van der Waals surface area contributed by atoms with Gasteiger partial charge in [0.2, 0.25) is 5.89 Å². The van der Waals surface area contributed by atoms with Crippen LogP contribution in [0, 0.1) is 0 Å². The molecule has 1 amide bonds. The van der Waals surface area contributed by atoms with Crippen molar-refractivity contribution < 1.29 is 9.32 Å². The zero-order valence-corrected chi connectivity index (χ0v) is 12.5. The first kappa shape index (κ1) is 14.2. The van der Waals surface area contributed by atoms with Crippen LogP contribution < -0.4 is 10.6 Å². The number of hydrogen-bond donors (Lipinski definition) is 2. The van der Waals surface area contributed by atoms with Gasteiger partial charge in [-0.15, -0.1) is 11.3 Å². The lowest BCUT2D eigenvalue weighted by Gasteiger charge is -2.30. The Morgan fingerprint density at radius 3 is 3.33 bits per heavy atom. The second kappa shape index (κ2) is 6.33. The SMILES string of the molecule is CN1CCNCC1c1noc(CNC(=O)c2cccs2)n1. The van der Waals surface area contributed by atoms with Crippen molar-refractivity contribution in [1.29, 1.82) is 0 Å². The number of amides is 1. The van der Waals surface area contributed by atoms with Crippen molar-refractivity contribution in [2.45, 2.75) is 12.6 Å². The third-order valence-electron chi connectivity index (χ3n) is 3.44. The van der Waals surface area contributed by atoms with Crippen molar-refractivity contribution in [3.63, 3.8) is 0 Å². The topological polar surface area (TPSA) is 83.3 Å². The molecule has 2 N–H and O–H groups in total. The maximum absolute atomic E-state index is 11.8. The number of piperazine rings is 1. The van der Waals surface area contributed by atoms with Gasteiger partial charge in [0.1, 0.15) is 0 Å². The summed E-state index contributed by atoms with van der Waals surface area (Å²) in [5.41, 5.74) is 0. The molecule has 21 heavy (non-hydrogen) atoms. The monoisotopic (exact) mass is 307 g/mol. The maximum Gasteiger partial charge on any atom is 0.261 e. The summed E-state index contributed by atoms with van der Waals surface area (Å²) in [5, 5.41) is 12.0. The minimum atomic E-state index is -0.124. The Balaban J connectivity index is 1.59. The summed E-state index contributed by atoms with van der Waals surface area (Å²) < 4.78 is 5.21. The Kier molecular flexibility index (Phi) is 4.28. The van der Waals surface area contributed by atoms with Crippen LogP contribution in [0.3, 0.4) is 0 Å². The summed E-state index contributed by atoms with van der Waals surface area (Å²) in [7, 11) is 2.04. The third-order valence-corrected chi connectivity index (χ3v) is 4.31. The lowest BCUT2D eigenvalue weighted by atomic mass is 10.2. The van der Waals surface area contributed by atoms with E-state index in [-0.39, 0.29) is 18.5 Å². The summed E-state index contributed by atoms with van der Waals surface area (Å²) in [6.07, 6.45) is 0. The van der Waals surface area contributed by atoms with Gasteiger partial charge < -0.3 is 15.2 Å². The molecule has 1 saturated heterocycles. The van der Waals surface area contributed by atoms with Crippen LogP contribution in [0.25, 0.3) is 0 Å². The molecule has 1 aliphatic heterocycles. The van der Waals surface area contributed by atoms with Gasteiger partial charge in [0.25, 0.3) is 5.91 Å². The van der Waals surface area contributed by atoms with E-state index < -0.39 is 0 Å². The van der Waals surface area contributed by atoms with Gasteiger partial charge in [0.05, 0.1) is 17.5 Å². The normalized spacial score (nSPS) is 19.6. The van der Waals surface area contributed by atoms with Gasteiger partial charge in [-0.1, -0.05) is 11.2 Å². The minimum absolute atomic E-state index is 0.115. The number of carbonyl (C=O) groups is 1. The molecule has 0 aliphatic carbocycles. The van der Waals surface area contributed by atoms with Crippen LogP contribution in [0.4, 0.5) is 0 Å². The van der Waals surface area contributed by atoms with E-state index >= 15 is 0 Å². The highest BCUT2D eigenvalue weighted by Gasteiger charge is 2.25. The highest BCUT2D eigenvalue weighted by atomic mass is 32.1. The van der Waals surface area contributed by atoms with Gasteiger partial charge >= 0.3 is 0 Å². The lowest BCUT2D eigenvalue weighted by molar-refractivity contribution is 0.0950. The number of aromatic nitrogens is 2. The van der Waals surface area contributed by atoms with E-state index in [9.17, 15) is 4.79 Å². The van der Waals surface area contributed by atoms with E-state index in [2.05, 4.69) is 25.7 Å². The van der Waals surface area contributed by atoms with Crippen LogP contribution in [0.2, 0.25) is 0 Å². The number of hydrogen-bond acceptors (Lipinski definition) is 7. The summed E-state index contributed by atoms with van der Waals surface area (Å²) in [6.45, 7) is 2.96. The van der Waals surface area contributed by atoms with Gasteiger partial charge in [-0.25, -0.2) is 0 Å². The Bertz CT molecular complexity index is 597. The lowest BCUT2D eigenvalue weighted by Crippen LogP contribution is -2.44. The highest BCUT2D eigenvalue weighted by molar-refractivity contribution is 7.12. The summed E-state index contributed by atoms with van der Waals surface area (Å²) in [4.78, 5) is 19.1. The number of nitrogens with one attached hydrogen (secondary N) is 2. The van der Waals surface area contributed by atoms with Crippen LogP contribution in [-0.4, -0.2) is 47.6 Å². The van der Waals surface area contributed by atoms with E-state index in [1.165, 1.54) is 11.3 Å². The molecule has 0 saturated carbocycles. The molecule has 2 aromatic rings. The molecule has 0 radical (unpaired) electrons. The molecule has 0 aromatic carbocycles. The molecular formula is C13H17N5O2S. The van der Waals surface area contributed by atoms with E-state index in [4.69, 9.17) is 4.52 Å². The first-order chi connectivity index (χ1) is 10.2. The predicted octanol–water partition coefficient (Wildman–Crippen LogP) is 0.637. The fraction of sp³-hybridized carbons (Fsp3) is 0.462. The average Bonchev–Trinajstić information content (AvgIpc) is 3.17. The zero-order chi connectivity index (χ0) is 14.7. The van der Waals surface area contributed by atoms with Crippen molar-refractivity contribution >= 4 is 17.2 Å². The molecule has 1 aliphatic rings. The van der Waals surface area contributed by atoms with E-state index in [0.717, 1.165) is 19.6 Å². The number of likely N-dealkylation sites (N-methyl/N-ethyl adjacent to an activating group) is 1. The standard InChI is InChI=1S/C13H17N5O2S/c1-18-5-4-14-7-9(18)12-16-11(20-17-12)8-15-13(19)10-3-2-6-21-10/h2-3,6,9,14H,4-5,7-8H2,1H3,(H,15,19). The fourth-order valence-corrected chi connectivity index (χ4v) is 2.86.